The molecule has 0 unspecified atom stereocenters. The van der Waals surface area contributed by atoms with Crippen LogP contribution < -0.4 is 0 Å². The lowest BCUT2D eigenvalue weighted by Crippen LogP contribution is -2.10. The van der Waals surface area contributed by atoms with Crippen molar-refractivity contribution in [3.8, 4) is 0 Å². The van der Waals surface area contributed by atoms with Crippen molar-refractivity contribution in [1.29, 1.82) is 0 Å². The van der Waals surface area contributed by atoms with E-state index in [9.17, 15) is 0 Å². The van der Waals surface area contributed by atoms with E-state index < -0.39 is 9.76 Å². The first-order valence-corrected chi connectivity index (χ1v) is 7.95. The van der Waals surface area contributed by atoms with Crippen molar-refractivity contribution < 1.29 is 4.43 Å². The van der Waals surface area contributed by atoms with Gasteiger partial charge in [0.15, 0.2) is 9.76 Å². The largest absolute Gasteiger partial charge is 0.412 e. The van der Waals surface area contributed by atoms with Crippen LogP contribution in [0, 0.1) is 0 Å². The molecule has 0 saturated carbocycles. The van der Waals surface area contributed by atoms with Gasteiger partial charge in [-0.25, -0.2) is 0 Å². The van der Waals surface area contributed by atoms with E-state index in [0.29, 0.717) is 0 Å². The van der Waals surface area contributed by atoms with Gasteiger partial charge in [0, 0.05) is 5.38 Å². The molecule has 2 aromatic carbocycles. The maximum absolute atomic E-state index is 6.03. The minimum absolute atomic E-state index is 0.0659. The number of thiol groups is 1. The molecule has 0 N–H and O–H groups in total. The molecule has 0 aliphatic carbocycles. The summed E-state index contributed by atoms with van der Waals surface area (Å²) >= 11 is 4.26. The first-order chi connectivity index (χ1) is 8.42. The number of hydrogen-bond acceptors (Lipinski definition) is 2. The summed E-state index contributed by atoms with van der Waals surface area (Å²) in [5.41, 5.74) is 2.43. The third-order valence-corrected chi connectivity index (χ3v) is 3.88. The maximum Gasteiger partial charge on any atom is 0.172 e. The van der Waals surface area contributed by atoms with Crippen molar-refractivity contribution in [3.05, 3.63) is 71.8 Å². The maximum atomic E-state index is 6.03. The molecule has 0 spiro atoms. The van der Waals surface area contributed by atoms with Crippen molar-refractivity contribution in [2.45, 2.75) is 6.10 Å². The van der Waals surface area contributed by atoms with Crippen molar-refractivity contribution in [3.63, 3.8) is 0 Å². The molecule has 0 heterocycles. The molecule has 2 rings (SSSR count). The zero-order valence-corrected chi connectivity index (χ0v) is 11.9. The molecule has 1 nitrogen and oxygen atoms in total. The quantitative estimate of drug-likeness (QED) is 0.642. The summed E-state index contributed by atoms with van der Waals surface area (Å²) < 4.78 is 6.03. The Balaban J connectivity index is 2.26. The first-order valence-electron chi connectivity index (χ1n) is 5.74. The Bertz CT molecular complexity index is 393. The Labute approximate surface area is 110 Å². The molecule has 0 aromatic heterocycles. The van der Waals surface area contributed by atoms with Crippen LogP contribution in [0.1, 0.15) is 17.2 Å². The van der Waals surface area contributed by atoms with E-state index >= 15 is 0 Å². The van der Waals surface area contributed by atoms with E-state index in [2.05, 4.69) is 61.2 Å². The summed E-state index contributed by atoms with van der Waals surface area (Å²) in [4.78, 5) is 0. The summed E-state index contributed by atoms with van der Waals surface area (Å²) in [6.07, 6.45) is 0.0659. The third kappa shape index (κ3) is 3.46. The molecule has 0 amide bonds. The molecule has 0 bridgehead atoms. The van der Waals surface area contributed by atoms with Gasteiger partial charge >= 0.3 is 0 Å². The minimum atomic E-state index is -0.549. The lowest BCUT2D eigenvalue weighted by Gasteiger charge is -2.18. The molecule has 0 saturated heterocycles. The van der Waals surface area contributed by atoms with Crippen LogP contribution in [0.4, 0.5) is 0 Å². The molecular formula is C14H16OSSi. The predicted molar refractivity (Wildman–Crippen MR) is 78.2 cm³/mol. The number of rotatable bonds is 5. The lowest BCUT2D eigenvalue weighted by atomic mass is 10.0. The Morgan fingerprint density at radius 1 is 0.882 bits per heavy atom. The van der Waals surface area contributed by atoms with Gasteiger partial charge in [0.1, 0.15) is 0 Å². The Morgan fingerprint density at radius 3 is 1.76 bits per heavy atom. The Kier molecular flexibility index (Phi) is 4.85. The highest BCUT2D eigenvalue weighted by atomic mass is 32.1. The molecule has 0 aliphatic rings. The van der Waals surface area contributed by atoms with E-state index in [-0.39, 0.29) is 6.10 Å². The average Bonchev–Trinajstić information content (AvgIpc) is 2.42. The highest BCUT2D eigenvalue weighted by molar-refractivity contribution is 7.81. The molecule has 2 aromatic rings. The summed E-state index contributed by atoms with van der Waals surface area (Å²) in [5, 5.41) is 0.871. The highest BCUT2D eigenvalue weighted by Gasteiger charge is 2.12. The average molecular weight is 260 g/mol. The van der Waals surface area contributed by atoms with Crippen LogP contribution >= 0.6 is 12.6 Å². The van der Waals surface area contributed by atoms with Crippen LogP contribution in [-0.4, -0.2) is 15.1 Å². The monoisotopic (exact) mass is 260 g/mol. The molecule has 0 aliphatic heterocycles. The van der Waals surface area contributed by atoms with E-state index in [4.69, 9.17) is 4.43 Å². The zero-order chi connectivity index (χ0) is 11.9. The summed E-state index contributed by atoms with van der Waals surface area (Å²) in [6, 6.07) is 20.7. The fraction of sp³-hybridized carbons (Fsp3) is 0.143. The van der Waals surface area contributed by atoms with Gasteiger partial charge in [-0.3, -0.25) is 0 Å². The second-order valence-electron chi connectivity index (χ2n) is 3.80. The van der Waals surface area contributed by atoms with Crippen LogP contribution in [-0.2, 0) is 4.43 Å². The summed E-state index contributed by atoms with van der Waals surface area (Å²) in [7, 11) is -0.549. The van der Waals surface area contributed by atoms with Gasteiger partial charge in [-0.05, 0) is 11.1 Å². The molecule has 17 heavy (non-hydrogen) atoms. The number of benzene rings is 2. The standard InChI is InChI=1S/C14H16OSSi/c16-11-17-15-14(12-7-3-1-4-8-12)13-9-5-2-6-10-13/h1-10,14,16H,11,17H2. The molecular weight excluding hydrogens is 244 g/mol. The minimum Gasteiger partial charge on any atom is -0.412 e. The van der Waals surface area contributed by atoms with E-state index in [1.54, 1.807) is 0 Å². The van der Waals surface area contributed by atoms with Crippen LogP contribution in [0.15, 0.2) is 60.7 Å². The molecule has 0 atom stereocenters. The van der Waals surface area contributed by atoms with E-state index in [1.165, 1.54) is 11.1 Å². The van der Waals surface area contributed by atoms with Gasteiger partial charge in [-0.15, -0.1) is 0 Å². The molecule has 88 valence electrons. The smallest absolute Gasteiger partial charge is 0.172 e. The van der Waals surface area contributed by atoms with E-state index in [0.717, 1.165) is 5.38 Å². The molecule has 0 fully saturated rings. The summed E-state index contributed by atoms with van der Waals surface area (Å²) in [5.74, 6) is 0. The van der Waals surface area contributed by atoms with Crippen molar-refractivity contribution in [1.82, 2.24) is 0 Å². The van der Waals surface area contributed by atoms with Gasteiger partial charge in [-0.2, -0.15) is 12.6 Å². The summed E-state index contributed by atoms with van der Waals surface area (Å²) in [6.45, 7) is 0. The second-order valence-corrected chi connectivity index (χ2v) is 6.33. The Hall–Kier alpha value is -1.03. The zero-order valence-electron chi connectivity index (χ0n) is 9.62. The van der Waals surface area contributed by atoms with Gasteiger partial charge in [-0.1, -0.05) is 60.7 Å². The normalized spacial score (nSPS) is 11.4. The van der Waals surface area contributed by atoms with E-state index in [1.807, 2.05) is 12.1 Å². The van der Waals surface area contributed by atoms with Crippen LogP contribution in [0.5, 0.6) is 0 Å². The van der Waals surface area contributed by atoms with Gasteiger partial charge in [0.2, 0.25) is 0 Å². The van der Waals surface area contributed by atoms with Crippen molar-refractivity contribution in [2.75, 3.05) is 5.38 Å². The second kappa shape index (κ2) is 6.64. The van der Waals surface area contributed by atoms with Crippen molar-refractivity contribution >= 4 is 22.4 Å². The molecule has 0 radical (unpaired) electrons. The molecule has 3 heteroatoms. The number of hydrogen-bond donors (Lipinski definition) is 1. The van der Waals surface area contributed by atoms with Crippen LogP contribution in [0.2, 0.25) is 0 Å². The van der Waals surface area contributed by atoms with Gasteiger partial charge in [0.25, 0.3) is 0 Å². The highest BCUT2D eigenvalue weighted by Crippen LogP contribution is 2.25. The third-order valence-electron chi connectivity index (χ3n) is 2.58. The predicted octanol–water partition coefficient (Wildman–Crippen LogP) is 2.76. The van der Waals surface area contributed by atoms with Crippen LogP contribution in [0.3, 0.4) is 0 Å². The van der Waals surface area contributed by atoms with Crippen LogP contribution in [0.25, 0.3) is 0 Å². The fourth-order valence-electron chi connectivity index (χ4n) is 1.81. The van der Waals surface area contributed by atoms with Gasteiger partial charge < -0.3 is 4.43 Å². The first kappa shape index (κ1) is 12.4. The topological polar surface area (TPSA) is 9.23 Å². The Morgan fingerprint density at radius 2 is 1.35 bits per heavy atom. The van der Waals surface area contributed by atoms with Crippen molar-refractivity contribution in [2.24, 2.45) is 0 Å². The fourth-order valence-corrected chi connectivity index (χ4v) is 2.85. The lowest BCUT2D eigenvalue weighted by molar-refractivity contribution is 0.263. The SMILES string of the molecule is SC[SiH2]OC(c1ccccc1)c1ccccc1. The van der Waals surface area contributed by atoms with Gasteiger partial charge in [0.05, 0.1) is 6.10 Å².